The zero-order valence-corrected chi connectivity index (χ0v) is 14.0. The number of amides is 1. The molecule has 0 aliphatic rings. The predicted octanol–water partition coefficient (Wildman–Crippen LogP) is 3.39. The Morgan fingerprint density at radius 1 is 1.12 bits per heavy atom. The van der Waals surface area contributed by atoms with Gasteiger partial charge in [0, 0.05) is 25.6 Å². The number of benzene rings is 2. The lowest BCUT2D eigenvalue weighted by Crippen LogP contribution is -2.32. The lowest BCUT2D eigenvalue weighted by Gasteiger charge is -2.15. The number of hydrogen-bond acceptors (Lipinski definition) is 4. The van der Waals surface area contributed by atoms with Crippen molar-refractivity contribution in [3.8, 4) is 11.5 Å². The second-order valence-corrected chi connectivity index (χ2v) is 5.58. The van der Waals surface area contributed by atoms with Gasteiger partial charge in [-0.2, -0.15) is 0 Å². The normalized spacial score (nSPS) is 11.9. The Morgan fingerprint density at radius 3 is 2.48 bits per heavy atom. The van der Waals surface area contributed by atoms with Crippen LogP contribution in [0.5, 0.6) is 0 Å². The smallest absolute Gasteiger partial charge is 0.253 e. The van der Waals surface area contributed by atoms with E-state index in [4.69, 9.17) is 9.15 Å². The highest BCUT2D eigenvalue weighted by molar-refractivity contribution is 5.82. The van der Waals surface area contributed by atoms with Crippen LogP contribution >= 0.6 is 0 Å². The van der Waals surface area contributed by atoms with Gasteiger partial charge in [-0.25, -0.2) is 4.98 Å². The van der Waals surface area contributed by atoms with Crippen LogP contribution in [0.1, 0.15) is 17.4 Å². The van der Waals surface area contributed by atoms with E-state index in [0.29, 0.717) is 18.9 Å². The SMILES string of the molecule is CO[C@H](C(=O)NCCc1coc(-c2ccccc2)n1)c1ccccc1. The van der Waals surface area contributed by atoms with E-state index in [2.05, 4.69) is 10.3 Å². The highest BCUT2D eigenvalue weighted by Crippen LogP contribution is 2.18. The molecule has 1 amide bonds. The fourth-order valence-corrected chi connectivity index (χ4v) is 2.56. The van der Waals surface area contributed by atoms with E-state index in [-0.39, 0.29) is 5.91 Å². The van der Waals surface area contributed by atoms with Crippen molar-refractivity contribution in [1.82, 2.24) is 10.3 Å². The maximum Gasteiger partial charge on any atom is 0.253 e. The Bertz CT molecular complexity index is 800. The summed E-state index contributed by atoms with van der Waals surface area (Å²) in [5, 5.41) is 2.88. The van der Waals surface area contributed by atoms with Crippen LogP contribution in [0, 0.1) is 0 Å². The van der Waals surface area contributed by atoms with E-state index in [0.717, 1.165) is 16.8 Å². The Morgan fingerprint density at radius 2 is 1.80 bits per heavy atom. The average Bonchev–Trinajstić information content (AvgIpc) is 3.13. The summed E-state index contributed by atoms with van der Waals surface area (Å²) in [5.74, 6) is 0.418. The molecule has 0 radical (unpaired) electrons. The van der Waals surface area contributed by atoms with Gasteiger partial charge in [-0.15, -0.1) is 0 Å². The van der Waals surface area contributed by atoms with Crippen LogP contribution in [0.2, 0.25) is 0 Å². The predicted molar refractivity (Wildman–Crippen MR) is 94.8 cm³/mol. The number of ether oxygens (including phenoxy) is 1. The van der Waals surface area contributed by atoms with Gasteiger partial charge in [-0.3, -0.25) is 4.79 Å². The van der Waals surface area contributed by atoms with Crippen molar-refractivity contribution in [2.24, 2.45) is 0 Å². The van der Waals surface area contributed by atoms with Gasteiger partial charge in [0.25, 0.3) is 5.91 Å². The molecule has 5 heteroatoms. The molecule has 0 saturated heterocycles. The molecule has 0 unspecified atom stereocenters. The number of nitrogens with one attached hydrogen (secondary N) is 1. The third-order valence-electron chi connectivity index (χ3n) is 3.83. The quantitative estimate of drug-likeness (QED) is 0.718. The van der Waals surface area contributed by atoms with Gasteiger partial charge < -0.3 is 14.5 Å². The minimum absolute atomic E-state index is 0.166. The van der Waals surface area contributed by atoms with Crippen LogP contribution in [0.4, 0.5) is 0 Å². The average molecular weight is 336 g/mol. The first-order chi connectivity index (χ1) is 12.3. The largest absolute Gasteiger partial charge is 0.444 e. The summed E-state index contributed by atoms with van der Waals surface area (Å²) >= 11 is 0. The van der Waals surface area contributed by atoms with E-state index < -0.39 is 6.10 Å². The second-order valence-electron chi connectivity index (χ2n) is 5.58. The molecule has 0 bridgehead atoms. The van der Waals surface area contributed by atoms with Crippen molar-refractivity contribution < 1.29 is 13.9 Å². The van der Waals surface area contributed by atoms with Gasteiger partial charge in [0.1, 0.15) is 6.26 Å². The van der Waals surface area contributed by atoms with E-state index in [9.17, 15) is 4.79 Å². The zero-order valence-electron chi connectivity index (χ0n) is 14.0. The van der Waals surface area contributed by atoms with Crippen LogP contribution in [-0.4, -0.2) is 24.5 Å². The Kier molecular flexibility index (Phi) is 5.59. The van der Waals surface area contributed by atoms with Gasteiger partial charge >= 0.3 is 0 Å². The molecule has 0 spiro atoms. The van der Waals surface area contributed by atoms with Crippen LogP contribution in [0.15, 0.2) is 71.3 Å². The number of methoxy groups -OCH3 is 1. The molecular weight excluding hydrogens is 316 g/mol. The molecule has 1 atom stereocenters. The number of carbonyl (C=O) groups excluding carboxylic acids is 1. The van der Waals surface area contributed by atoms with E-state index in [1.54, 1.807) is 6.26 Å². The third kappa shape index (κ3) is 4.33. The number of nitrogens with zero attached hydrogens (tertiary/aromatic N) is 1. The summed E-state index contributed by atoms with van der Waals surface area (Å²) < 4.78 is 10.8. The molecule has 0 fully saturated rings. The van der Waals surface area contributed by atoms with Gasteiger partial charge in [-0.05, 0) is 17.7 Å². The fourth-order valence-electron chi connectivity index (χ4n) is 2.56. The third-order valence-corrected chi connectivity index (χ3v) is 3.83. The number of hydrogen-bond donors (Lipinski definition) is 1. The molecular formula is C20H20N2O3. The van der Waals surface area contributed by atoms with Gasteiger partial charge in [-0.1, -0.05) is 48.5 Å². The van der Waals surface area contributed by atoms with Gasteiger partial charge in [0.2, 0.25) is 5.89 Å². The van der Waals surface area contributed by atoms with Gasteiger partial charge in [0.15, 0.2) is 6.10 Å². The van der Waals surface area contributed by atoms with E-state index in [1.165, 1.54) is 7.11 Å². The van der Waals surface area contributed by atoms with Crippen LogP contribution in [0.25, 0.3) is 11.5 Å². The van der Waals surface area contributed by atoms with E-state index >= 15 is 0 Å². The van der Waals surface area contributed by atoms with Crippen molar-refractivity contribution in [3.63, 3.8) is 0 Å². The number of rotatable bonds is 7. The molecule has 2 aromatic carbocycles. The maximum atomic E-state index is 12.3. The lowest BCUT2D eigenvalue weighted by molar-refractivity contribution is -0.131. The standard InChI is InChI=1S/C20H20N2O3/c1-24-18(15-8-4-2-5-9-15)19(23)21-13-12-17-14-25-20(22-17)16-10-6-3-7-11-16/h2-11,14,18H,12-13H2,1H3,(H,21,23)/t18-/m0/s1. The van der Waals surface area contributed by atoms with Crippen molar-refractivity contribution in [2.45, 2.75) is 12.5 Å². The number of aromatic nitrogens is 1. The molecule has 128 valence electrons. The molecule has 3 aromatic rings. The Labute approximate surface area is 146 Å². The number of oxazole rings is 1. The van der Waals surface area contributed by atoms with Crippen molar-refractivity contribution in [2.75, 3.05) is 13.7 Å². The maximum absolute atomic E-state index is 12.3. The van der Waals surface area contributed by atoms with Crippen LogP contribution < -0.4 is 5.32 Å². The summed E-state index contributed by atoms with van der Waals surface area (Å²) in [6, 6.07) is 19.1. The minimum Gasteiger partial charge on any atom is -0.444 e. The molecule has 25 heavy (non-hydrogen) atoms. The first-order valence-corrected chi connectivity index (χ1v) is 8.13. The second kappa shape index (κ2) is 8.26. The molecule has 0 aliphatic heterocycles. The molecule has 1 heterocycles. The Hall–Kier alpha value is -2.92. The molecule has 0 saturated carbocycles. The first-order valence-electron chi connectivity index (χ1n) is 8.13. The molecule has 1 aromatic heterocycles. The Balaban J connectivity index is 1.54. The molecule has 1 N–H and O–H groups in total. The monoisotopic (exact) mass is 336 g/mol. The number of carbonyl (C=O) groups is 1. The highest BCUT2D eigenvalue weighted by Gasteiger charge is 2.19. The van der Waals surface area contributed by atoms with E-state index in [1.807, 2.05) is 60.7 Å². The zero-order chi connectivity index (χ0) is 17.5. The fraction of sp³-hybridized carbons (Fsp3) is 0.200. The molecule has 3 rings (SSSR count). The minimum atomic E-state index is -0.613. The highest BCUT2D eigenvalue weighted by atomic mass is 16.5. The molecule has 0 aliphatic carbocycles. The van der Waals surface area contributed by atoms with Crippen LogP contribution in [0.3, 0.4) is 0 Å². The summed E-state index contributed by atoms with van der Waals surface area (Å²) in [6.07, 6.45) is 1.60. The first kappa shape index (κ1) is 16.9. The van der Waals surface area contributed by atoms with Crippen molar-refractivity contribution in [1.29, 1.82) is 0 Å². The molecule has 5 nitrogen and oxygen atoms in total. The van der Waals surface area contributed by atoms with Crippen LogP contribution in [-0.2, 0) is 16.0 Å². The topological polar surface area (TPSA) is 64.4 Å². The summed E-state index contributed by atoms with van der Waals surface area (Å²) in [7, 11) is 1.53. The van der Waals surface area contributed by atoms with Crippen molar-refractivity contribution >= 4 is 5.91 Å². The summed E-state index contributed by atoms with van der Waals surface area (Å²) in [6.45, 7) is 0.465. The van der Waals surface area contributed by atoms with Crippen molar-refractivity contribution in [3.05, 3.63) is 78.2 Å². The summed E-state index contributed by atoms with van der Waals surface area (Å²) in [5.41, 5.74) is 2.56. The summed E-state index contributed by atoms with van der Waals surface area (Å²) in [4.78, 5) is 16.8. The van der Waals surface area contributed by atoms with Gasteiger partial charge in [0.05, 0.1) is 5.69 Å². The lowest BCUT2D eigenvalue weighted by atomic mass is 10.1.